The molecule has 2 aromatic carbocycles. The second-order valence-corrected chi connectivity index (χ2v) is 7.06. The average molecular weight is 396 g/mol. The molecular formula is C20H16N2O5S. The molecular weight excluding hydrogens is 380 g/mol. The lowest BCUT2D eigenvalue weighted by molar-refractivity contribution is -0.385. The van der Waals surface area contributed by atoms with E-state index in [1.54, 1.807) is 13.8 Å². The van der Waals surface area contributed by atoms with E-state index >= 15 is 0 Å². The lowest BCUT2D eigenvalue weighted by atomic mass is 10.1. The van der Waals surface area contributed by atoms with E-state index in [4.69, 9.17) is 4.74 Å². The van der Waals surface area contributed by atoms with Crippen molar-refractivity contribution < 1.29 is 19.2 Å². The number of hydrogen-bond acceptors (Lipinski definition) is 7. The summed E-state index contributed by atoms with van der Waals surface area (Å²) >= 11 is 1.19. The maximum atomic E-state index is 12.4. The summed E-state index contributed by atoms with van der Waals surface area (Å²) in [6.07, 6.45) is 0. The number of carbonyl (C=O) groups is 2. The first-order chi connectivity index (χ1) is 13.4. The van der Waals surface area contributed by atoms with Gasteiger partial charge in [-0.1, -0.05) is 42.5 Å². The standard InChI is InChI=1S/C20H16N2O5S/c1-12-8-9-15(10-16(12)22(25)26)17(23)11-27-20(24)18-13(2)21-19(28-18)14-6-4-3-5-7-14/h3-10H,11H2,1-2H3. The molecule has 0 aliphatic heterocycles. The zero-order valence-corrected chi connectivity index (χ0v) is 16.0. The fourth-order valence-electron chi connectivity index (χ4n) is 2.55. The lowest BCUT2D eigenvalue weighted by Crippen LogP contribution is -2.14. The van der Waals surface area contributed by atoms with Crippen LogP contribution < -0.4 is 0 Å². The summed E-state index contributed by atoms with van der Waals surface area (Å²) in [4.78, 5) is 39.8. The molecule has 0 bridgehead atoms. The first kappa shape index (κ1) is 19.4. The van der Waals surface area contributed by atoms with Crippen LogP contribution in [0.4, 0.5) is 5.69 Å². The van der Waals surface area contributed by atoms with Crippen molar-refractivity contribution in [3.05, 3.63) is 80.3 Å². The summed E-state index contributed by atoms with van der Waals surface area (Å²) in [5.74, 6) is -1.16. The van der Waals surface area contributed by atoms with E-state index in [1.807, 2.05) is 30.3 Å². The van der Waals surface area contributed by atoms with Crippen LogP contribution in [0.15, 0.2) is 48.5 Å². The van der Waals surface area contributed by atoms with Crippen LogP contribution in [-0.2, 0) is 4.74 Å². The van der Waals surface area contributed by atoms with Crippen LogP contribution in [0.3, 0.4) is 0 Å². The van der Waals surface area contributed by atoms with Crippen molar-refractivity contribution >= 4 is 28.8 Å². The minimum atomic E-state index is -0.646. The van der Waals surface area contributed by atoms with E-state index in [9.17, 15) is 19.7 Å². The molecule has 0 N–H and O–H groups in total. The summed E-state index contributed by atoms with van der Waals surface area (Å²) in [5, 5.41) is 11.7. The monoisotopic (exact) mass is 396 g/mol. The fourth-order valence-corrected chi connectivity index (χ4v) is 3.51. The van der Waals surface area contributed by atoms with E-state index in [0.717, 1.165) is 5.56 Å². The van der Waals surface area contributed by atoms with Crippen LogP contribution >= 0.6 is 11.3 Å². The van der Waals surface area contributed by atoms with Gasteiger partial charge >= 0.3 is 5.97 Å². The highest BCUT2D eigenvalue weighted by atomic mass is 32.1. The third-order valence-electron chi connectivity index (χ3n) is 4.06. The molecule has 0 aliphatic rings. The van der Waals surface area contributed by atoms with Crippen molar-refractivity contribution in [1.82, 2.24) is 4.98 Å². The molecule has 0 amide bonds. The summed E-state index contributed by atoms with van der Waals surface area (Å²) in [6.45, 7) is 2.78. The SMILES string of the molecule is Cc1ccc(C(=O)COC(=O)c2sc(-c3ccccc3)nc2C)cc1[N+](=O)[O-]. The Bertz CT molecular complexity index is 1060. The van der Waals surface area contributed by atoms with E-state index in [-0.39, 0.29) is 11.3 Å². The number of aromatic nitrogens is 1. The number of Topliss-reactive ketones (excluding diaryl/α,β-unsaturated/α-hetero) is 1. The van der Waals surface area contributed by atoms with Gasteiger partial charge in [0.2, 0.25) is 5.78 Å². The number of benzene rings is 2. The highest BCUT2D eigenvalue weighted by Gasteiger charge is 2.20. The third-order valence-corrected chi connectivity index (χ3v) is 5.25. The van der Waals surface area contributed by atoms with Gasteiger partial charge in [-0.05, 0) is 13.8 Å². The number of carbonyl (C=O) groups excluding carboxylic acids is 2. The normalized spacial score (nSPS) is 10.5. The van der Waals surface area contributed by atoms with Crippen LogP contribution in [0.2, 0.25) is 0 Å². The van der Waals surface area contributed by atoms with Gasteiger partial charge in [-0.25, -0.2) is 9.78 Å². The Kier molecular flexibility index (Phi) is 5.60. The number of nitro groups is 1. The Labute approximate surface area is 164 Å². The molecule has 0 unspecified atom stereocenters. The molecule has 0 fully saturated rings. The number of nitro benzene ring substituents is 1. The van der Waals surface area contributed by atoms with Crippen LogP contribution in [0.25, 0.3) is 10.6 Å². The number of thiazole rings is 1. The highest BCUT2D eigenvalue weighted by molar-refractivity contribution is 7.17. The zero-order valence-electron chi connectivity index (χ0n) is 15.2. The molecule has 0 radical (unpaired) electrons. The number of rotatable bonds is 6. The van der Waals surface area contributed by atoms with Gasteiger partial charge < -0.3 is 4.74 Å². The van der Waals surface area contributed by atoms with E-state index in [0.29, 0.717) is 21.1 Å². The Hall–Kier alpha value is -3.39. The molecule has 28 heavy (non-hydrogen) atoms. The summed E-state index contributed by atoms with van der Waals surface area (Å²) in [6, 6.07) is 13.6. The van der Waals surface area contributed by atoms with Crippen molar-refractivity contribution in [2.45, 2.75) is 13.8 Å². The smallest absolute Gasteiger partial charge is 0.350 e. The van der Waals surface area contributed by atoms with E-state index in [2.05, 4.69) is 4.98 Å². The van der Waals surface area contributed by atoms with Crippen LogP contribution in [0, 0.1) is 24.0 Å². The number of nitrogens with zero attached hydrogens (tertiary/aromatic N) is 2. The minimum absolute atomic E-state index is 0.121. The van der Waals surface area contributed by atoms with Crippen molar-refractivity contribution in [2.75, 3.05) is 6.61 Å². The number of ketones is 1. The molecule has 3 aromatic rings. The Morgan fingerprint density at radius 3 is 2.54 bits per heavy atom. The van der Waals surface area contributed by atoms with E-state index in [1.165, 1.54) is 29.5 Å². The van der Waals surface area contributed by atoms with Crippen molar-refractivity contribution in [3.63, 3.8) is 0 Å². The summed E-state index contributed by atoms with van der Waals surface area (Å²) < 4.78 is 5.12. The molecule has 0 aliphatic carbocycles. The van der Waals surface area contributed by atoms with Gasteiger partial charge in [0.1, 0.15) is 9.88 Å². The minimum Gasteiger partial charge on any atom is -0.453 e. The number of ether oxygens (including phenoxy) is 1. The molecule has 8 heteroatoms. The van der Waals surface area contributed by atoms with Crippen LogP contribution in [0.1, 0.15) is 31.3 Å². The molecule has 1 aromatic heterocycles. The van der Waals surface area contributed by atoms with Gasteiger partial charge in [0.15, 0.2) is 6.61 Å². The molecule has 0 saturated carbocycles. The van der Waals surface area contributed by atoms with Gasteiger partial charge in [-0.3, -0.25) is 14.9 Å². The number of hydrogen-bond donors (Lipinski definition) is 0. The Balaban J connectivity index is 1.71. The van der Waals surface area contributed by atoms with Crippen LogP contribution in [-0.4, -0.2) is 28.3 Å². The first-order valence-corrected chi connectivity index (χ1v) is 9.16. The molecule has 142 valence electrons. The Morgan fingerprint density at radius 1 is 1.14 bits per heavy atom. The first-order valence-electron chi connectivity index (χ1n) is 8.35. The molecule has 3 rings (SSSR count). The zero-order chi connectivity index (χ0) is 20.3. The molecule has 0 atom stereocenters. The average Bonchev–Trinajstić information content (AvgIpc) is 3.08. The predicted octanol–water partition coefficient (Wildman–Crippen LogP) is 4.37. The second-order valence-electron chi connectivity index (χ2n) is 6.06. The van der Waals surface area contributed by atoms with Crippen LogP contribution in [0.5, 0.6) is 0 Å². The summed E-state index contributed by atoms with van der Waals surface area (Å²) in [5.41, 5.74) is 1.83. The fraction of sp³-hybridized carbons (Fsp3) is 0.150. The molecule has 1 heterocycles. The topological polar surface area (TPSA) is 99.4 Å². The van der Waals surface area contributed by atoms with Crippen molar-refractivity contribution in [2.24, 2.45) is 0 Å². The number of aryl methyl sites for hydroxylation is 2. The number of esters is 1. The highest BCUT2D eigenvalue weighted by Crippen LogP contribution is 2.28. The largest absolute Gasteiger partial charge is 0.453 e. The second kappa shape index (κ2) is 8.10. The van der Waals surface area contributed by atoms with E-state index < -0.39 is 23.3 Å². The van der Waals surface area contributed by atoms with Gasteiger partial charge in [0.05, 0.1) is 10.6 Å². The van der Waals surface area contributed by atoms with Gasteiger partial charge in [-0.15, -0.1) is 11.3 Å². The van der Waals surface area contributed by atoms with Crippen molar-refractivity contribution in [1.29, 1.82) is 0 Å². The van der Waals surface area contributed by atoms with Gasteiger partial charge in [0.25, 0.3) is 5.69 Å². The summed E-state index contributed by atoms with van der Waals surface area (Å²) in [7, 11) is 0. The van der Waals surface area contributed by atoms with Crippen molar-refractivity contribution in [3.8, 4) is 10.6 Å². The Morgan fingerprint density at radius 2 is 1.86 bits per heavy atom. The third kappa shape index (κ3) is 4.12. The maximum absolute atomic E-state index is 12.4. The van der Waals surface area contributed by atoms with Gasteiger partial charge in [0, 0.05) is 22.8 Å². The quantitative estimate of drug-likeness (QED) is 0.265. The lowest BCUT2D eigenvalue weighted by Gasteiger charge is -2.04. The maximum Gasteiger partial charge on any atom is 0.350 e. The predicted molar refractivity (Wildman–Crippen MR) is 105 cm³/mol. The van der Waals surface area contributed by atoms with Gasteiger partial charge in [-0.2, -0.15) is 0 Å². The molecule has 0 saturated heterocycles. The molecule has 0 spiro atoms. The molecule has 7 nitrogen and oxygen atoms in total.